The van der Waals surface area contributed by atoms with Gasteiger partial charge in [0.15, 0.2) is 0 Å². The Labute approximate surface area is 219 Å². The van der Waals surface area contributed by atoms with Crippen molar-refractivity contribution in [3.8, 4) is 11.3 Å². The van der Waals surface area contributed by atoms with Gasteiger partial charge < -0.3 is 25.2 Å². The van der Waals surface area contributed by atoms with Crippen molar-refractivity contribution in [2.75, 3.05) is 49.6 Å². The van der Waals surface area contributed by atoms with Crippen LogP contribution in [-0.2, 0) is 4.74 Å². The summed E-state index contributed by atoms with van der Waals surface area (Å²) < 4.78 is 5.48. The number of benzene rings is 2. The molecule has 5 rings (SSSR count). The molecule has 0 unspecified atom stereocenters. The summed E-state index contributed by atoms with van der Waals surface area (Å²) in [6.45, 7) is 18.0. The number of aliphatic imine (C=N–C) groups is 1. The Kier molecular flexibility index (Phi) is 7.23. The van der Waals surface area contributed by atoms with Gasteiger partial charge in [-0.15, -0.1) is 0 Å². The van der Waals surface area contributed by atoms with Gasteiger partial charge in [-0.3, -0.25) is 0 Å². The summed E-state index contributed by atoms with van der Waals surface area (Å²) in [6, 6.07) is 18.8. The molecule has 190 valence electrons. The normalized spacial score (nSPS) is 14.6. The van der Waals surface area contributed by atoms with Gasteiger partial charge in [-0.1, -0.05) is 31.4 Å². The molecule has 7 nitrogen and oxygen atoms in total. The van der Waals surface area contributed by atoms with Crippen LogP contribution in [0.5, 0.6) is 0 Å². The van der Waals surface area contributed by atoms with Crippen molar-refractivity contribution in [1.29, 1.82) is 0 Å². The van der Waals surface area contributed by atoms with Crippen LogP contribution in [0, 0.1) is 0 Å². The minimum absolute atomic E-state index is 0.717. The quantitative estimate of drug-likeness (QED) is 0.408. The van der Waals surface area contributed by atoms with E-state index in [2.05, 4.69) is 101 Å². The highest BCUT2D eigenvalue weighted by atomic mass is 16.5. The van der Waals surface area contributed by atoms with Gasteiger partial charge in [0.1, 0.15) is 5.82 Å². The van der Waals surface area contributed by atoms with Gasteiger partial charge >= 0.3 is 0 Å². The summed E-state index contributed by atoms with van der Waals surface area (Å²) >= 11 is 0. The van der Waals surface area contributed by atoms with Gasteiger partial charge in [0.25, 0.3) is 0 Å². The number of anilines is 3. The maximum atomic E-state index is 5.48. The van der Waals surface area contributed by atoms with E-state index >= 15 is 0 Å². The Morgan fingerprint density at radius 3 is 2.57 bits per heavy atom. The second-order valence-corrected chi connectivity index (χ2v) is 9.10. The monoisotopic (exact) mass is 494 g/mol. The molecule has 0 saturated carbocycles. The average molecular weight is 495 g/mol. The van der Waals surface area contributed by atoms with Crippen molar-refractivity contribution in [3.63, 3.8) is 0 Å². The minimum atomic E-state index is 0.717. The zero-order valence-corrected chi connectivity index (χ0v) is 21.6. The maximum Gasteiger partial charge on any atom is 0.142 e. The fourth-order valence-electron chi connectivity index (χ4n) is 4.78. The number of fused-ring (bicyclic) bond motifs is 1. The molecule has 1 aromatic heterocycles. The Hall–Kier alpha value is -4.10. The molecule has 0 spiro atoms. The molecule has 1 fully saturated rings. The summed E-state index contributed by atoms with van der Waals surface area (Å²) in [7, 11) is 0. The smallest absolute Gasteiger partial charge is 0.142 e. The maximum absolute atomic E-state index is 5.48. The van der Waals surface area contributed by atoms with Crippen LogP contribution in [0.15, 0.2) is 72.7 Å². The molecule has 0 radical (unpaired) electrons. The molecular weight excluding hydrogens is 460 g/mol. The van der Waals surface area contributed by atoms with Gasteiger partial charge in [-0.05, 0) is 55.8 Å². The van der Waals surface area contributed by atoms with E-state index in [-0.39, 0.29) is 0 Å². The lowest BCUT2D eigenvalue weighted by molar-refractivity contribution is 0.122. The van der Waals surface area contributed by atoms with E-state index in [1.165, 1.54) is 5.69 Å². The highest BCUT2D eigenvalue weighted by molar-refractivity contribution is 5.93. The first-order valence-corrected chi connectivity index (χ1v) is 12.8. The SMILES string of the molecule is C=C1NC=Nc2cc(-c3cccc(C(=C)N(CC)CC)c3)nc(Nc3ccc(N4CCOCC4)cc3)c21. The summed E-state index contributed by atoms with van der Waals surface area (Å²) in [5.74, 6) is 0.717. The lowest BCUT2D eigenvalue weighted by atomic mass is 10.0. The Balaban J connectivity index is 1.48. The van der Waals surface area contributed by atoms with E-state index in [1.54, 1.807) is 6.34 Å². The Morgan fingerprint density at radius 2 is 1.84 bits per heavy atom. The molecule has 2 aliphatic heterocycles. The van der Waals surface area contributed by atoms with Gasteiger partial charge in [-0.25, -0.2) is 9.98 Å². The number of rotatable bonds is 8. The number of pyridine rings is 1. The highest BCUT2D eigenvalue weighted by Crippen LogP contribution is 2.37. The van der Waals surface area contributed by atoms with Crippen LogP contribution in [-0.4, -0.2) is 55.6 Å². The third-order valence-electron chi connectivity index (χ3n) is 6.89. The third kappa shape index (κ3) is 5.22. The van der Waals surface area contributed by atoms with Crippen molar-refractivity contribution in [3.05, 3.63) is 78.9 Å². The number of hydrogen-bond acceptors (Lipinski definition) is 7. The van der Waals surface area contributed by atoms with E-state index < -0.39 is 0 Å². The second-order valence-electron chi connectivity index (χ2n) is 9.10. The van der Waals surface area contributed by atoms with Crippen molar-refractivity contribution in [1.82, 2.24) is 15.2 Å². The average Bonchev–Trinajstić information content (AvgIpc) is 2.94. The number of ether oxygens (including phenoxy) is 1. The van der Waals surface area contributed by atoms with Crippen molar-refractivity contribution in [2.24, 2.45) is 4.99 Å². The van der Waals surface area contributed by atoms with E-state index in [1.807, 2.05) is 6.07 Å². The Bertz CT molecular complexity index is 1320. The molecule has 2 aliphatic rings. The van der Waals surface area contributed by atoms with Gasteiger partial charge in [0.2, 0.25) is 0 Å². The number of hydrogen-bond donors (Lipinski definition) is 2. The molecule has 37 heavy (non-hydrogen) atoms. The first kappa shape index (κ1) is 24.6. The summed E-state index contributed by atoms with van der Waals surface area (Å²) in [4.78, 5) is 14.2. The van der Waals surface area contributed by atoms with E-state index in [4.69, 9.17) is 9.72 Å². The van der Waals surface area contributed by atoms with Crippen LogP contribution >= 0.6 is 0 Å². The molecule has 7 heteroatoms. The summed E-state index contributed by atoms with van der Waals surface area (Å²) in [5, 5.41) is 6.65. The molecule has 0 aliphatic carbocycles. The molecule has 2 N–H and O–H groups in total. The summed E-state index contributed by atoms with van der Waals surface area (Å²) in [5.41, 5.74) is 8.56. The standard InChI is InChI=1S/C30H34N6O/c1-5-35(6-2)22(4)23-8-7-9-24(18-23)27-19-28-29(21(3)31-20-32-28)30(34-27)33-25-10-12-26(13-11-25)36-14-16-37-17-15-36/h7-13,18-20H,3-6,14-17H2,1-2H3,(H,31,32)(H,33,34). The van der Waals surface area contributed by atoms with Crippen molar-refractivity contribution in [2.45, 2.75) is 13.8 Å². The predicted molar refractivity (Wildman–Crippen MR) is 155 cm³/mol. The van der Waals surface area contributed by atoms with Gasteiger partial charge in [0.05, 0.1) is 36.5 Å². The van der Waals surface area contributed by atoms with Crippen LogP contribution < -0.4 is 15.5 Å². The molecule has 0 amide bonds. The van der Waals surface area contributed by atoms with E-state index in [9.17, 15) is 0 Å². The second kappa shape index (κ2) is 10.9. The lowest BCUT2D eigenvalue weighted by Crippen LogP contribution is -2.36. The minimum Gasteiger partial charge on any atom is -0.378 e. The number of nitrogens with zero attached hydrogens (tertiary/aromatic N) is 4. The van der Waals surface area contributed by atoms with E-state index in [0.717, 1.165) is 84.5 Å². The first-order valence-electron chi connectivity index (χ1n) is 12.8. The van der Waals surface area contributed by atoms with Gasteiger partial charge in [0, 0.05) is 54.5 Å². The van der Waals surface area contributed by atoms with Crippen LogP contribution in [0.4, 0.5) is 22.9 Å². The molecule has 3 aromatic rings. The zero-order valence-electron chi connectivity index (χ0n) is 21.6. The lowest BCUT2D eigenvalue weighted by Gasteiger charge is -2.29. The van der Waals surface area contributed by atoms with E-state index in [0.29, 0.717) is 5.82 Å². The zero-order chi connectivity index (χ0) is 25.8. The van der Waals surface area contributed by atoms with Crippen LogP contribution in [0.1, 0.15) is 25.0 Å². The van der Waals surface area contributed by atoms with Crippen LogP contribution in [0.3, 0.4) is 0 Å². The topological polar surface area (TPSA) is 65.0 Å². The van der Waals surface area contributed by atoms with Crippen molar-refractivity contribution >= 4 is 40.6 Å². The first-order chi connectivity index (χ1) is 18.1. The molecule has 2 aromatic carbocycles. The number of morpholine rings is 1. The molecule has 3 heterocycles. The van der Waals surface area contributed by atoms with Crippen LogP contribution in [0.2, 0.25) is 0 Å². The fraction of sp³-hybridized carbons (Fsp3) is 0.267. The summed E-state index contributed by atoms with van der Waals surface area (Å²) in [6.07, 6.45) is 1.67. The predicted octanol–water partition coefficient (Wildman–Crippen LogP) is 5.88. The number of nitrogens with one attached hydrogen (secondary N) is 2. The molecule has 0 atom stereocenters. The number of aromatic nitrogens is 1. The highest BCUT2D eigenvalue weighted by Gasteiger charge is 2.19. The van der Waals surface area contributed by atoms with Crippen LogP contribution in [0.25, 0.3) is 22.7 Å². The third-order valence-corrected chi connectivity index (χ3v) is 6.89. The van der Waals surface area contributed by atoms with Crippen molar-refractivity contribution < 1.29 is 4.74 Å². The fourth-order valence-corrected chi connectivity index (χ4v) is 4.78. The molecular formula is C30H34N6O. The molecule has 0 bridgehead atoms. The Morgan fingerprint density at radius 1 is 1.08 bits per heavy atom. The molecule has 1 saturated heterocycles. The largest absolute Gasteiger partial charge is 0.378 e. The van der Waals surface area contributed by atoms with Gasteiger partial charge in [-0.2, -0.15) is 0 Å².